The first kappa shape index (κ1) is 23.5. The molecule has 0 saturated carbocycles. The Labute approximate surface area is 165 Å². The van der Waals surface area contributed by atoms with Gasteiger partial charge in [-0.1, -0.05) is 91.0 Å². The normalized spacial score (nSPS) is 21.5. The maximum absolute atomic E-state index is 2.56. The minimum Gasteiger partial charge on any atom is -0.0911 e. The topological polar surface area (TPSA) is 0 Å². The van der Waals surface area contributed by atoms with Gasteiger partial charge >= 0.3 is 0 Å². The molecule has 0 aliphatic heterocycles. The van der Waals surface area contributed by atoms with E-state index in [1.807, 2.05) is 11.1 Å². The van der Waals surface area contributed by atoms with Crippen LogP contribution < -0.4 is 0 Å². The monoisotopic (exact) mass is 360 g/mol. The van der Waals surface area contributed by atoms with Crippen LogP contribution in [0.25, 0.3) is 0 Å². The van der Waals surface area contributed by atoms with E-state index in [9.17, 15) is 0 Å². The molecule has 0 spiro atoms. The molecule has 152 valence electrons. The molecule has 0 amide bonds. The van der Waals surface area contributed by atoms with Gasteiger partial charge in [-0.25, -0.2) is 0 Å². The van der Waals surface area contributed by atoms with Crippen LogP contribution in [0.15, 0.2) is 23.3 Å². The van der Waals surface area contributed by atoms with Crippen molar-refractivity contribution in [1.82, 2.24) is 0 Å². The first-order valence-electron chi connectivity index (χ1n) is 11.7. The molecule has 26 heavy (non-hydrogen) atoms. The summed E-state index contributed by atoms with van der Waals surface area (Å²) in [6.45, 7) is 19.1. The molecule has 5 atom stereocenters. The Hall–Kier alpha value is -0.520. The molecule has 0 heteroatoms. The molecule has 0 aromatic carbocycles. The Morgan fingerprint density at radius 3 is 2.12 bits per heavy atom. The van der Waals surface area contributed by atoms with Crippen molar-refractivity contribution in [3.8, 4) is 0 Å². The van der Waals surface area contributed by atoms with Crippen LogP contribution >= 0.6 is 0 Å². The second-order valence-electron chi connectivity index (χ2n) is 9.22. The second-order valence-corrected chi connectivity index (χ2v) is 9.22. The predicted octanol–water partition coefficient (Wildman–Crippen LogP) is 8.97. The molecule has 0 radical (unpaired) electrons. The molecular weight excluding hydrogens is 312 g/mol. The van der Waals surface area contributed by atoms with Crippen LogP contribution in [0.5, 0.6) is 0 Å². The van der Waals surface area contributed by atoms with E-state index < -0.39 is 0 Å². The molecule has 1 aliphatic carbocycles. The Kier molecular flexibility index (Phi) is 10.3. The standard InChI is InChI=1S/C26H48/c1-9-17-26(13-5,22(8)11-3)25(12-4)16-14-15-23-19-24(23)18-21(7)20(6)10-2/h9,17,20-22,25H,10-16,18-19H2,1-8H3. The van der Waals surface area contributed by atoms with Crippen LogP contribution in [-0.4, -0.2) is 0 Å². The van der Waals surface area contributed by atoms with E-state index in [0.29, 0.717) is 5.41 Å². The number of hydrogen-bond donors (Lipinski definition) is 0. The SMILES string of the molecule is CC=CC(CC)(C(C)CC)C(CC)CCCC1=C(CC(C)C(C)CC)C1. The zero-order valence-electron chi connectivity index (χ0n) is 19.3. The molecule has 5 unspecified atom stereocenters. The average Bonchev–Trinajstić information content (AvgIpc) is 3.39. The van der Waals surface area contributed by atoms with E-state index in [0.717, 1.165) is 23.7 Å². The number of rotatable bonds is 14. The minimum absolute atomic E-state index is 0.407. The summed E-state index contributed by atoms with van der Waals surface area (Å²) in [5, 5.41) is 0. The molecule has 0 N–H and O–H groups in total. The minimum atomic E-state index is 0.407. The summed E-state index contributed by atoms with van der Waals surface area (Å²) in [6, 6.07) is 0. The molecule has 0 aromatic heterocycles. The van der Waals surface area contributed by atoms with Crippen LogP contribution in [0.4, 0.5) is 0 Å². The van der Waals surface area contributed by atoms with Gasteiger partial charge in [-0.3, -0.25) is 0 Å². The smallest absolute Gasteiger partial charge is 0.00673 e. The van der Waals surface area contributed by atoms with E-state index in [1.54, 1.807) is 0 Å². The fourth-order valence-electron chi connectivity index (χ4n) is 5.25. The van der Waals surface area contributed by atoms with Crippen LogP contribution in [-0.2, 0) is 0 Å². The molecule has 0 saturated heterocycles. The highest BCUT2D eigenvalue weighted by atomic mass is 14.4. The number of allylic oxidation sites excluding steroid dienone is 4. The van der Waals surface area contributed by atoms with Gasteiger partial charge in [0, 0.05) is 0 Å². The maximum Gasteiger partial charge on any atom is -0.00673 e. The lowest BCUT2D eigenvalue weighted by Crippen LogP contribution is -2.34. The molecule has 1 rings (SSSR count). The lowest BCUT2D eigenvalue weighted by Gasteiger charge is -2.43. The van der Waals surface area contributed by atoms with Crippen molar-refractivity contribution in [1.29, 1.82) is 0 Å². The van der Waals surface area contributed by atoms with Gasteiger partial charge in [0.25, 0.3) is 0 Å². The third kappa shape index (κ3) is 6.00. The zero-order chi connectivity index (χ0) is 19.7. The summed E-state index contributed by atoms with van der Waals surface area (Å²) in [7, 11) is 0. The molecule has 0 fully saturated rings. The molecule has 1 aliphatic rings. The van der Waals surface area contributed by atoms with E-state index in [-0.39, 0.29) is 0 Å². The third-order valence-corrected chi connectivity index (χ3v) is 7.89. The molecular formula is C26H48. The van der Waals surface area contributed by atoms with Crippen molar-refractivity contribution >= 4 is 0 Å². The Bertz CT molecular complexity index is 455. The van der Waals surface area contributed by atoms with Crippen LogP contribution in [0.3, 0.4) is 0 Å². The first-order valence-corrected chi connectivity index (χ1v) is 11.7. The van der Waals surface area contributed by atoms with Crippen LogP contribution in [0.2, 0.25) is 0 Å². The summed E-state index contributed by atoms with van der Waals surface area (Å²) < 4.78 is 0. The predicted molar refractivity (Wildman–Crippen MR) is 120 cm³/mol. The molecule has 0 nitrogen and oxygen atoms in total. The first-order chi connectivity index (χ1) is 12.4. The van der Waals surface area contributed by atoms with E-state index in [1.165, 1.54) is 57.8 Å². The van der Waals surface area contributed by atoms with Crippen molar-refractivity contribution in [2.24, 2.45) is 29.1 Å². The largest absolute Gasteiger partial charge is 0.0911 e. The lowest BCUT2D eigenvalue weighted by molar-refractivity contribution is 0.115. The highest BCUT2D eigenvalue weighted by molar-refractivity contribution is 5.35. The molecule has 0 bridgehead atoms. The quantitative estimate of drug-likeness (QED) is 0.271. The van der Waals surface area contributed by atoms with Crippen LogP contribution in [0.1, 0.15) is 113 Å². The summed E-state index contributed by atoms with van der Waals surface area (Å²) in [6.07, 6.45) is 17.0. The van der Waals surface area contributed by atoms with Crippen molar-refractivity contribution in [3.63, 3.8) is 0 Å². The van der Waals surface area contributed by atoms with Gasteiger partial charge in [0.15, 0.2) is 0 Å². The van der Waals surface area contributed by atoms with Crippen molar-refractivity contribution in [3.05, 3.63) is 23.3 Å². The Balaban J connectivity index is 2.61. The highest BCUT2D eigenvalue weighted by Gasteiger charge is 2.37. The van der Waals surface area contributed by atoms with E-state index in [2.05, 4.69) is 67.5 Å². The van der Waals surface area contributed by atoms with Crippen molar-refractivity contribution in [2.75, 3.05) is 0 Å². The van der Waals surface area contributed by atoms with Gasteiger partial charge < -0.3 is 0 Å². The summed E-state index contributed by atoms with van der Waals surface area (Å²) >= 11 is 0. The fraction of sp³-hybridized carbons (Fsp3) is 0.846. The maximum atomic E-state index is 2.56. The zero-order valence-corrected chi connectivity index (χ0v) is 19.3. The van der Waals surface area contributed by atoms with Crippen molar-refractivity contribution in [2.45, 2.75) is 113 Å². The van der Waals surface area contributed by atoms with Gasteiger partial charge in [-0.15, -0.1) is 0 Å². The van der Waals surface area contributed by atoms with Gasteiger partial charge in [0.1, 0.15) is 0 Å². The average molecular weight is 361 g/mol. The van der Waals surface area contributed by atoms with Gasteiger partial charge in [-0.2, -0.15) is 0 Å². The summed E-state index contributed by atoms with van der Waals surface area (Å²) in [4.78, 5) is 0. The van der Waals surface area contributed by atoms with E-state index >= 15 is 0 Å². The van der Waals surface area contributed by atoms with Gasteiger partial charge in [-0.05, 0) is 74.5 Å². The molecule has 0 heterocycles. The summed E-state index contributed by atoms with van der Waals surface area (Å²) in [5.41, 5.74) is 4.03. The second kappa shape index (κ2) is 11.4. The fourth-order valence-corrected chi connectivity index (χ4v) is 5.25. The third-order valence-electron chi connectivity index (χ3n) is 7.89. The van der Waals surface area contributed by atoms with Gasteiger partial charge in [0.2, 0.25) is 0 Å². The Morgan fingerprint density at radius 1 is 0.923 bits per heavy atom. The molecule has 0 aromatic rings. The summed E-state index contributed by atoms with van der Waals surface area (Å²) in [5.74, 6) is 3.35. The Morgan fingerprint density at radius 2 is 1.62 bits per heavy atom. The highest BCUT2D eigenvalue weighted by Crippen LogP contribution is 2.47. The van der Waals surface area contributed by atoms with Crippen molar-refractivity contribution < 1.29 is 0 Å². The van der Waals surface area contributed by atoms with E-state index in [4.69, 9.17) is 0 Å². The number of hydrogen-bond acceptors (Lipinski definition) is 0. The van der Waals surface area contributed by atoms with Gasteiger partial charge in [0.05, 0.1) is 0 Å². The lowest BCUT2D eigenvalue weighted by atomic mass is 9.62. The van der Waals surface area contributed by atoms with Crippen LogP contribution in [0, 0.1) is 29.1 Å².